The Hall–Kier alpha value is -7.50. The average molecular weight is 904 g/mol. The number of aromatic nitrogens is 3. The molecular weight excluding hydrogens is 855 g/mol. The van der Waals surface area contributed by atoms with E-state index in [9.17, 15) is 48.6 Å². The number of carbonyl (C=O) groups excluding carboxylic acids is 4. The lowest BCUT2D eigenvalue weighted by molar-refractivity contribution is -0.139. The van der Waals surface area contributed by atoms with Crippen molar-refractivity contribution in [3.8, 4) is 11.5 Å². The van der Waals surface area contributed by atoms with Crippen LogP contribution in [0.15, 0.2) is 79.7 Å². The Kier molecular flexibility index (Phi) is 14.7. The van der Waals surface area contributed by atoms with Crippen molar-refractivity contribution in [3.05, 3.63) is 103 Å². The van der Waals surface area contributed by atoms with Gasteiger partial charge in [0.05, 0.1) is 32.9 Å². The molecule has 23 nitrogen and oxygen atoms in total. The number of likely N-dealkylation sites (N-methyl/N-ethyl adjacent to an activating group) is 1. The number of hydrogen-bond acceptors (Lipinski definition) is 14. The zero-order valence-electron chi connectivity index (χ0n) is 35.6. The summed E-state index contributed by atoms with van der Waals surface area (Å²) < 4.78 is 23.0. The zero-order chi connectivity index (χ0) is 47.1. The van der Waals surface area contributed by atoms with Crippen molar-refractivity contribution < 1.29 is 52.8 Å². The lowest BCUT2D eigenvalue weighted by Crippen LogP contribution is -2.62. The number of urea groups is 1. The molecule has 1 fully saturated rings. The highest BCUT2D eigenvalue weighted by Crippen LogP contribution is 2.33. The maximum atomic E-state index is 14.5. The molecule has 0 bridgehead atoms. The van der Waals surface area contributed by atoms with Crippen LogP contribution in [-0.2, 0) is 36.8 Å². The van der Waals surface area contributed by atoms with E-state index in [4.69, 9.17) is 24.4 Å². The highest BCUT2D eigenvalue weighted by molar-refractivity contribution is 5.94. The van der Waals surface area contributed by atoms with Crippen molar-refractivity contribution >= 4 is 51.6 Å². The van der Waals surface area contributed by atoms with Gasteiger partial charge in [-0.1, -0.05) is 18.2 Å². The Morgan fingerprint density at radius 1 is 0.938 bits per heavy atom. The van der Waals surface area contributed by atoms with Crippen LogP contribution in [-0.4, -0.2) is 130 Å². The maximum absolute atomic E-state index is 14.5. The van der Waals surface area contributed by atoms with E-state index in [1.54, 1.807) is 30.5 Å². The number of amides is 5. The Morgan fingerprint density at radius 2 is 1.63 bits per heavy atom. The van der Waals surface area contributed by atoms with Crippen molar-refractivity contribution in [1.29, 1.82) is 0 Å². The first-order valence-electron chi connectivity index (χ1n) is 20.2. The molecule has 346 valence electrons. The van der Waals surface area contributed by atoms with Gasteiger partial charge in [-0.15, -0.1) is 0 Å². The third kappa shape index (κ3) is 10.8. The number of aliphatic hydroxyl groups excluding tert-OH is 1. The van der Waals surface area contributed by atoms with E-state index in [2.05, 4.69) is 31.2 Å². The highest BCUT2D eigenvalue weighted by Gasteiger charge is 2.38. The van der Waals surface area contributed by atoms with E-state index in [0.29, 0.717) is 5.56 Å². The second-order valence-corrected chi connectivity index (χ2v) is 15.3. The molecule has 23 heteroatoms. The number of fused-ring (bicyclic) bond motifs is 2. The Morgan fingerprint density at radius 3 is 2.32 bits per heavy atom. The summed E-state index contributed by atoms with van der Waals surface area (Å²) in [5.41, 5.74) is 4.86. The lowest BCUT2D eigenvalue weighted by Gasteiger charge is -2.33. The molecule has 5 amide bonds. The molecule has 0 saturated carbocycles. The summed E-state index contributed by atoms with van der Waals surface area (Å²) >= 11 is 0. The number of ether oxygens (including phenoxy) is 3. The summed E-state index contributed by atoms with van der Waals surface area (Å²) in [6.45, 7) is 0.750. The number of aromatic amines is 2. The summed E-state index contributed by atoms with van der Waals surface area (Å²) in [7, 11) is 4.11. The number of rotatable bonds is 18. The van der Waals surface area contributed by atoms with Gasteiger partial charge < -0.3 is 65.7 Å². The molecule has 1 aliphatic rings. The van der Waals surface area contributed by atoms with Crippen LogP contribution >= 0.6 is 0 Å². The van der Waals surface area contributed by atoms with E-state index in [0.717, 1.165) is 38.7 Å². The summed E-state index contributed by atoms with van der Waals surface area (Å²) in [6, 6.07) is 5.35. The van der Waals surface area contributed by atoms with Gasteiger partial charge >= 0.3 is 23.3 Å². The number of benzene rings is 2. The molecule has 7 atom stereocenters. The van der Waals surface area contributed by atoms with E-state index in [1.807, 2.05) is 0 Å². The summed E-state index contributed by atoms with van der Waals surface area (Å²) in [4.78, 5) is 111. The van der Waals surface area contributed by atoms with Gasteiger partial charge in [-0.2, -0.15) is 0 Å². The SMILES string of the molecule is COc1cc2oc(=O)cc(CC(NC(=O)NC(Cc3c[nH]c4ccccc34)C(=O)O)C(=O)NC(C(=O)NC[C@H]3C[C@@H](O)[C@H](n4ccc(=O)[nH]c4=O)O3)C(C)N(C)C(=O)CN)c2cc1OC. The molecule has 5 aromatic rings. The number of nitrogens with one attached hydrogen (secondary N) is 6. The Labute approximate surface area is 368 Å². The van der Waals surface area contributed by atoms with Gasteiger partial charge in [-0.3, -0.25) is 28.7 Å². The van der Waals surface area contributed by atoms with Gasteiger partial charge in [-0.25, -0.2) is 19.2 Å². The van der Waals surface area contributed by atoms with Crippen LogP contribution in [0.25, 0.3) is 21.9 Å². The molecule has 4 unspecified atom stereocenters. The summed E-state index contributed by atoms with van der Waals surface area (Å²) in [6.07, 6.45) is -1.16. The van der Waals surface area contributed by atoms with Crippen molar-refractivity contribution in [1.82, 2.24) is 40.7 Å². The molecule has 0 radical (unpaired) electrons. The van der Waals surface area contributed by atoms with Crippen molar-refractivity contribution in [2.24, 2.45) is 5.73 Å². The van der Waals surface area contributed by atoms with E-state index in [-0.39, 0.29) is 47.4 Å². The Bertz CT molecular complexity index is 2760. The molecule has 0 aliphatic carbocycles. The summed E-state index contributed by atoms with van der Waals surface area (Å²) in [5, 5.41) is 32.1. The average Bonchev–Trinajstić information content (AvgIpc) is 3.87. The molecule has 10 N–H and O–H groups in total. The fraction of sp³-hybridized carbons (Fsp3) is 0.381. The molecule has 1 saturated heterocycles. The predicted octanol–water partition coefficient (Wildman–Crippen LogP) is -1.20. The monoisotopic (exact) mass is 903 g/mol. The molecular formula is C42H49N9O14. The standard InChI is InChI=1S/C42H49N9O14/c1-20(50(2)34(54)17-43)36(38(57)45-19-23-14-29(52)39(64-23)51-10-9-33(53)48-42(51)61)49-37(56)27(11-21-13-35(55)65-30-16-32(63-4)31(62-3)15-25(21)30)46-41(60)47-28(40(58)59)12-22-18-44-26-8-6-5-7-24(22)26/h5-10,13,15-16,18,20,23,27-29,36,39,44,52H,11-12,14,17,19,43H2,1-4H3,(H,45,57)(H,49,56)(H,58,59)(H2,46,47,60)(H,48,53,61)/t20?,23-,27?,28?,29-,36?,39-/m1/s1. The number of carbonyl (C=O) groups is 5. The second kappa shape index (κ2) is 20.3. The first kappa shape index (κ1) is 47.0. The molecule has 0 spiro atoms. The van der Waals surface area contributed by atoms with Gasteiger partial charge in [0.15, 0.2) is 17.7 Å². The smallest absolute Gasteiger partial charge is 0.336 e. The van der Waals surface area contributed by atoms with Gasteiger partial charge in [0.1, 0.15) is 29.8 Å². The number of aliphatic hydroxyl groups is 1. The first-order chi connectivity index (χ1) is 31.0. The van der Waals surface area contributed by atoms with Crippen molar-refractivity contribution in [3.63, 3.8) is 0 Å². The molecule has 6 rings (SSSR count). The quantitative estimate of drug-likeness (QED) is 0.0467. The van der Waals surface area contributed by atoms with E-state index in [1.165, 1.54) is 40.3 Å². The number of H-pyrrole nitrogens is 2. The molecule has 2 aromatic carbocycles. The fourth-order valence-corrected chi connectivity index (χ4v) is 7.55. The second-order valence-electron chi connectivity index (χ2n) is 15.3. The van der Waals surface area contributed by atoms with Crippen molar-refractivity contribution in [2.75, 3.05) is 34.4 Å². The Balaban J connectivity index is 1.29. The van der Waals surface area contributed by atoms with Crippen LogP contribution in [0, 0.1) is 0 Å². The third-order valence-electron chi connectivity index (χ3n) is 11.1. The maximum Gasteiger partial charge on any atom is 0.336 e. The van der Waals surface area contributed by atoms with Gasteiger partial charge in [0.2, 0.25) is 17.7 Å². The fourth-order valence-electron chi connectivity index (χ4n) is 7.55. The van der Waals surface area contributed by atoms with Gasteiger partial charge in [0, 0.05) is 79.7 Å². The first-order valence-corrected chi connectivity index (χ1v) is 20.2. The largest absolute Gasteiger partial charge is 0.493 e. The topological polar surface area (TPSA) is 332 Å². The van der Waals surface area contributed by atoms with Crippen LogP contribution in [0.1, 0.15) is 30.7 Å². The number of para-hydroxylation sites is 1. The molecule has 1 aliphatic heterocycles. The number of methoxy groups -OCH3 is 2. The van der Waals surface area contributed by atoms with Crippen LogP contribution in [0.2, 0.25) is 0 Å². The number of aliphatic carboxylic acids is 1. The third-order valence-corrected chi connectivity index (χ3v) is 11.1. The number of hydrogen-bond donors (Lipinski definition) is 9. The van der Waals surface area contributed by atoms with Crippen LogP contribution < -0.4 is 53.3 Å². The molecule has 3 aromatic heterocycles. The van der Waals surface area contributed by atoms with Crippen LogP contribution in [0.3, 0.4) is 0 Å². The number of carboxylic acid groups (broad SMARTS) is 1. The number of nitrogens with two attached hydrogens (primary N) is 1. The minimum atomic E-state index is -1.64. The van der Waals surface area contributed by atoms with E-state index < -0.39 is 102 Å². The lowest BCUT2D eigenvalue weighted by atomic mass is 10.00. The van der Waals surface area contributed by atoms with Gasteiger partial charge in [-0.05, 0) is 30.2 Å². The predicted molar refractivity (Wildman–Crippen MR) is 230 cm³/mol. The number of carboxylic acids is 1. The zero-order valence-corrected chi connectivity index (χ0v) is 35.6. The molecule has 65 heavy (non-hydrogen) atoms. The minimum Gasteiger partial charge on any atom is -0.493 e. The summed E-state index contributed by atoms with van der Waals surface area (Å²) in [5.74, 6) is -3.38. The van der Waals surface area contributed by atoms with Crippen LogP contribution in [0.4, 0.5) is 4.79 Å². The number of nitrogens with zero attached hydrogens (tertiary/aromatic N) is 2. The normalized spacial score (nSPS) is 17.7. The van der Waals surface area contributed by atoms with Crippen molar-refractivity contribution in [2.45, 2.75) is 68.8 Å². The highest BCUT2D eigenvalue weighted by atomic mass is 16.5. The molecule has 4 heterocycles. The van der Waals surface area contributed by atoms with Crippen LogP contribution in [0.5, 0.6) is 11.5 Å². The van der Waals surface area contributed by atoms with E-state index >= 15 is 0 Å². The van der Waals surface area contributed by atoms with Gasteiger partial charge in [0.25, 0.3) is 5.56 Å². The minimum absolute atomic E-state index is 0.0399.